The maximum atomic E-state index is 5.35. The number of nitrogens with zero attached hydrogens (tertiary/aromatic N) is 1. The molecule has 0 spiro atoms. The second-order valence-corrected chi connectivity index (χ2v) is 3.75. The number of hydrogen-bond donors (Lipinski definition) is 1. The van der Waals surface area contributed by atoms with Crippen molar-refractivity contribution in [2.45, 2.75) is 6.42 Å². The van der Waals surface area contributed by atoms with Gasteiger partial charge in [-0.1, -0.05) is 6.08 Å². The van der Waals surface area contributed by atoms with Crippen LogP contribution in [0.1, 0.15) is 6.42 Å². The molecule has 1 rings (SSSR count). The quantitative estimate of drug-likeness (QED) is 0.487. The molecule has 2 N–H and O–H groups in total. The SMILES string of the molecule is COCC1=CCN(CCOCCN)CC1. The van der Waals surface area contributed by atoms with Gasteiger partial charge in [0, 0.05) is 33.3 Å². The van der Waals surface area contributed by atoms with Crippen LogP contribution in [0.5, 0.6) is 0 Å². The third-order valence-electron chi connectivity index (χ3n) is 2.53. The fourth-order valence-corrected chi connectivity index (χ4v) is 1.65. The van der Waals surface area contributed by atoms with E-state index in [0.29, 0.717) is 13.2 Å². The summed E-state index contributed by atoms with van der Waals surface area (Å²) in [6.45, 7) is 5.96. The molecule has 0 unspecified atom stereocenters. The Balaban J connectivity index is 2.09. The molecule has 0 radical (unpaired) electrons. The first-order chi connectivity index (χ1) is 7.36. The summed E-state index contributed by atoms with van der Waals surface area (Å²) >= 11 is 0. The van der Waals surface area contributed by atoms with Crippen LogP contribution in [0.3, 0.4) is 0 Å². The van der Waals surface area contributed by atoms with Crippen molar-refractivity contribution in [3.8, 4) is 0 Å². The lowest BCUT2D eigenvalue weighted by Gasteiger charge is -2.25. The van der Waals surface area contributed by atoms with Crippen LogP contribution in [0, 0.1) is 0 Å². The summed E-state index contributed by atoms with van der Waals surface area (Å²) < 4.78 is 10.5. The van der Waals surface area contributed by atoms with Crippen molar-refractivity contribution in [3.05, 3.63) is 11.6 Å². The largest absolute Gasteiger partial charge is 0.380 e. The average molecular weight is 214 g/mol. The van der Waals surface area contributed by atoms with E-state index in [4.69, 9.17) is 15.2 Å². The van der Waals surface area contributed by atoms with Crippen LogP contribution < -0.4 is 5.73 Å². The molecule has 0 aromatic rings. The summed E-state index contributed by atoms with van der Waals surface area (Å²) in [5, 5.41) is 0. The van der Waals surface area contributed by atoms with E-state index in [1.807, 2.05) is 0 Å². The van der Waals surface area contributed by atoms with Gasteiger partial charge in [0.25, 0.3) is 0 Å². The Labute approximate surface area is 92.0 Å². The third kappa shape index (κ3) is 5.28. The molecular formula is C11H22N2O2. The van der Waals surface area contributed by atoms with Gasteiger partial charge in [-0.15, -0.1) is 0 Å². The van der Waals surface area contributed by atoms with E-state index in [0.717, 1.165) is 39.3 Å². The molecule has 0 atom stereocenters. The van der Waals surface area contributed by atoms with Crippen molar-refractivity contribution < 1.29 is 9.47 Å². The van der Waals surface area contributed by atoms with Gasteiger partial charge < -0.3 is 15.2 Å². The van der Waals surface area contributed by atoms with Crippen molar-refractivity contribution in [1.82, 2.24) is 4.90 Å². The summed E-state index contributed by atoms with van der Waals surface area (Å²) in [7, 11) is 1.74. The monoisotopic (exact) mass is 214 g/mol. The van der Waals surface area contributed by atoms with Gasteiger partial charge >= 0.3 is 0 Å². The molecule has 0 fully saturated rings. The van der Waals surface area contributed by atoms with Crippen LogP contribution in [-0.2, 0) is 9.47 Å². The van der Waals surface area contributed by atoms with E-state index in [2.05, 4.69) is 11.0 Å². The minimum Gasteiger partial charge on any atom is -0.380 e. The van der Waals surface area contributed by atoms with Crippen molar-refractivity contribution in [2.75, 3.05) is 53.1 Å². The lowest BCUT2D eigenvalue weighted by molar-refractivity contribution is 0.111. The Morgan fingerprint density at radius 3 is 2.93 bits per heavy atom. The molecule has 4 nitrogen and oxygen atoms in total. The molecule has 1 heterocycles. The van der Waals surface area contributed by atoms with Crippen molar-refractivity contribution >= 4 is 0 Å². The minimum atomic E-state index is 0.609. The molecular weight excluding hydrogens is 192 g/mol. The molecule has 88 valence electrons. The highest BCUT2D eigenvalue weighted by Gasteiger charge is 2.10. The van der Waals surface area contributed by atoms with Gasteiger partial charge in [0.05, 0.1) is 19.8 Å². The number of rotatable bonds is 7. The Bertz CT molecular complexity index is 195. The number of ether oxygens (including phenoxy) is 2. The maximum absolute atomic E-state index is 5.35. The van der Waals surface area contributed by atoms with Crippen LogP contribution in [0.15, 0.2) is 11.6 Å². The lowest BCUT2D eigenvalue weighted by atomic mass is 10.1. The molecule has 1 aliphatic rings. The molecule has 0 aromatic heterocycles. The second kappa shape index (κ2) is 7.82. The van der Waals surface area contributed by atoms with Crippen molar-refractivity contribution in [2.24, 2.45) is 5.73 Å². The number of nitrogens with two attached hydrogens (primary N) is 1. The Morgan fingerprint density at radius 2 is 2.33 bits per heavy atom. The van der Waals surface area contributed by atoms with Gasteiger partial charge in [-0.2, -0.15) is 0 Å². The highest BCUT2D eigenvalue weighted by Crippen LogP contribution is 2.10. The van der Waals surface area contributed by atoms with Crippen LogP contribution in [0.2, 0.25) is 0 Å². The van der Waals surface area contributed by atoms with Gasteiger partial charge in [-0.25, -0.2) is 0 Å². The smallest absolute Gasteiger partial charge is 0.0673 e. The van der Waals surface area contributed by atoms with Crippen molar-refractivity contribution in [3.63, 3.8) is 0 Å². The fourth-order valence-electron chi connectivity index (χ4n) is 1.65. The molecule has 0 saturated heterocycles. The predicted octanol–water partition coefficient (Wildman–Crippen LogP) is 0.240. The Morgan fingerprint density at radius 1 is 1.47 bits per heavy atom. The summed E-state index contributed by atoms with van der Waals surface area (Å²) in [5.74, 6) is 0. The molecule has 15 heavy (non-hydrogen) atoms. The summed E-state index contributed by atoms with van der Waals surface area (Å²) in [6.07, 6.45) is 3.38. The zero-order valence-corrected chi connectivity index (χ0v) is 9.58. The fraction of sp³-hybridized carbons (Fsp3) is 0.818. The van der Waals surface area contributed by atoms with E-state index in [-0.39, 0.29) is 0 Å². The minimum absolute atomic E-state index is 0.609. The van der Waals surface area contributed by atoms with Gasteiger partial charge in [0.15, 0.2) is 0 Å². The van der Waals surface area contributed by atoms with Crippen LogP contribution >= 0.6 is 0 Å². The molecule has 0 bridgehead atoms. The topological polar surface area (TPSA) is 47.7 Å². The van der Waals surface area contributed by atoms with Crippen molar-refractivity contribution in [1.29, 1.82) is 0 Å². The van der Waals surface area contributed by atoms with Gasteiger partial charge in [0.2, 0.25) is 0 Å². The zero-order chi connectivity index (χ0) is 10.9. The normalized spacial score (nSPS) is 17.9. The zero-order valence-electron chi connectivity index (χ0n) is 9.58. The second-order valence-electron chi connectivity index (χ2n) is 3.75. The standard InChI is InChI=1S/C11H22N2O2/c1-14-10-11-2-5-13(6-3-11)7-9-15-8-4-12/h2H,3-10,12H2,1H3. The Kier molecular flexibility index (Phi) is 6.59. The molecule has 4 heteroatoms. The Hall–Kier alpha value is -0.420. The summed E-state index contributed by atoms with van der Waals surface area (Å²) in [6, 6.07) is 0. The van der Waals surface area contributed by atoms with E-state index in [9.17, 15) is 0 Å². The first-order valence-corrected chi connectivity index (χ1v) is 5.54. The van der Waals surface area contributed by atoms with Gasteiger partial charge in [0.1, 0.15) is 0 Å². The molecule has 0 amide bonds. The van der Waals surface area contributed by atoms with E-state index >= 15 is 0 Å². The van der Waals surface area contributed by atoms with Crippen LogP contribution in [0.4, 0.5) is 0 Å². The van der Waals surface area contributed by atoms with E-state index in [1.165, 1.54) is 5.57 Å². The highest BCUT2D eigenvalue weighted by molar-refractivity contribution is 5.07. The number of hydrogen-bond acceptors (Lipinski definition) is 4. The highest BCUT2D eigenvalue weighted by atomic mass is 16.5. The lowest BCUT2D eigenvalue weighted by Crippen LogP contribution is -2.32. The molecule has 0 saturated carbocycles. The summed E-state index contributed by atoms with van der Waals surface area (Å²) in [4.78, 5) is 2.38. The maximum Gasteiger partial charge on any atom is 0.0673 e. The van der Waals surface area contributed by atoms with E-state index in [1.54, 1.807) is 7.11 Å². The van der Waals surface area contributed by atoms with Gasteiger partial charge in [-0.05, 0) is 12.0 Å². The first-order valence-electron chi connectivity index (χ1n) is 5.54. The van der Waals surface area contributed by atoms with Crippen LogP contribution in [-0.4, -0.2) is 58.0 Å². The molecule has 1 aliphatic heterocycles. The number of methoxy groups -OCH3 is 1. The summed E-state index contributed by atoms with van der Waals surface area (Å²) in [5.41, 5.74) is 6.75. The van der Waals surface area contributed by atoms with Gasteiger partial charge in [-0.3, -0.25) is 4.90 Å². The average Bonchev–Trinajstić information content (AvgIpc) is 2.27. The van der Waals surface area contributed by atoms with E-state index < -0.39 is 0 Å². The first kappa shape index (κ1) is 12.6. The predicted molar refractivity (Wildman–Crippen MR) is 60.9 cm³/mol. The molecule has 0 aromatic carbocycles. The third-order valence-corrected chi connectivity index (χ3v) is 2.53. The van der Waals surface area contributed by atoms with Crippen LogP contribution in [0.25, 0.3) is 0 Å². The molecule has 0 aliphatic carbocycles.